The van der Waals surface area contributed by atoms with Crippen molar-refractivity contribution in [1.29, 1.82) is 0 Å². The molecule has 0 bridgehead atoms. The molecule has 1 aliphatic heterocycles. The molecule has 1 amide bonds. The highest BCUT2D eigenvalue weighted by Gasteiger charge is 2.21. The molecule has 1 aromatic carbocycles. The van der Waals surface area contributed by atoms with Crippen molar-refractivity contribution in [2.24, 2.45) is 11.8 Å². The standard InChI is InChI=1S/C17H25BrN2O/c1-13(15-7-9-19-10-8-15)12-17(21)20-11-6-14-2-4-16(18)5-3-14/h2-5,13,15,19H,6-12H2,1H3,(H,20,21). The molecule has 1 fully saturated rings. The predicted molar refractivity (Wildman–Crippen MR) is 90.2 cm³/mol. The molecule has 1 heterocycles. The average Bonchev–Trinajstić information content (AvgIpc) is 2.50. The molecule has 0 spiro atoms. The summed E-state index contributed by atoms with van der Waals surface area (Å²) in [5, 5.41) is 6.42. The molecule has 4 heteroatoms. The van der Waals surface area contributed by atoms with Crippen molar-refractivity contribution >= 4 is 21.8 Å². The van der Waals surface area contributed by atoms with Crippen molar-refractivity contribution in [2.45, 2.75) is 32.6 Å². The predicted octanol–water partition coefficient (Wildman–Crippen LogP) is 3.13. The number of hydrogen-bond acceptors (Lipinski definition) is 2. The minimum atomic E-state index is 0.193. The molecular weight excluding hydrogens is 328 g/mol. The van der Waals surface area contributed by atoms with Gasteiger partial charge >= 0.3 is 0 Å². The van der Waals surface area contributed by atoms with Gasteiger partial charge in [-0.15, -0.1) is 0 Å². The summed E-state index contributed by atoms with van der Waals surface area (Å²) >= 11 is 3.43. The van der Waals surface area contributed by atoms with Crippen molar-refractivity contribution in [3.63, 3.8) is 0 Å². The first-order valence-electron chi connectivity index (χ1n) is 7.87. The molecule has 116 valence electrons. The van der Waals surface area contributed by atoms with Crippen LogP contribution in [0.3, 0.4) is 0 Å². The van der Waals surface area contributed by atoms with Gasteiger partial charge in [0.15, 0.2) is 0 Å². The van der Waals surface area contributed by atoms with Gasteiger partial charge in [0.1, 0.15) is 0 Å². The summed E-state index contributed by atoms with van der Waals surface area (Å²) in [6.07, 6.45) is 3.95. The van der Waals surface area contributed by atoms with Gasteiger partial charge in [0.2, 0.25) is 5.91 Å². The van der Waals surface area contributed by atoms with Gasteiger partial charge in [0.05, 0.1) is 0 Å². The monoisotopic (exact) mass is 352 g/mol. The van der Waals surface area contributed by atoms with Crippen LogP contribution in [0.2, 0.25) is 0 Å². The maximum atomic E-state index is 12.0. The van der Waals surface area contributed by atoms with Crippen molar-refractivity contribution in [3.8, 4) is 0 Å². The number of nitrogens with one attached hydrogen (secondary N) is 2. The van der Waals surface area contributed by atoms with Gasteiger partial charge in [-0.05, 0) is 61.9 Å². The smallest absolute Gasteiger partial charge is 0.220 e. The summed E-state index contributed by atoms with van der Waals surface area (Å²) in [5.41, 5.74) is 1.25. The van der Waals surface area contributed by atoms with E-state index in [9.17, 15) is 4.79 Å². The Kier molecular flexibility index (Phi) is 6.71. The van der Waals surface area contributed by atoms with Gasteiger partial charge in [0, 0.05) is 17.4 Å². The van der Waals surface area contributed by atoms with Gasteiger partial charge in [-0.2, -0.15) is 0 Å². The van der Waals surface area contributed by atoms with E-state index in [2.05, 4.69) is 45.6 Å². The van der Waals surface area contributed by atoms with E-state index in [0.717, 1.165) is 30.5 Å². The van der Waals surface area contributed by atoms with Crippen molar-refractivity contribution in [2.75, 3.05) is 19.6 Å². The summed E-state index contributed by atoms with van der Waals surface area (Å²) in [6, 6.07) is 8.26. The zero-order chi connectivity index (χ0) is 15.1. The molecule has 0 saturated carbocycles. The summed E-state index contributed by atoms with van der Waals surface area (Å²) in [6.45, 7) is 5.13. The maximum Gasteiger partial charge on any atom is 0.220 e. The molecule has 0 radical (unpaired) electrons. The second-order valence-electron chi connectivity index (χ2n) is 6.00. The zero-order valence-electron chi connectivity index (χ0n) is 12.7. The van der Waals surface area contributed by atoms with Crippen LogP contribution in [0.5, 0.6) is 0 Å². The molecular formula is C17H25BrN2O. The van der Waals surface area contributed by atoms with Gasteiger partial charge in [0.25, 0.3) is 0 Å². The first kappa shape index (κ1) is 16.5. The number of amides is 1. The van der Waals surface area contributed by atoms with Gasteiger partial charge < -0.3 is 10.6 Å². The van der Waals surface area contributed by atoms with E-state index in [1.165, 1.54) is 18.4 Å². The Bertz CT molecular complexity index is 441. The summed E-state index contributed by atoms with van der Waals surface area (Å²) < 4.78 is 1.09. The van der Waals surface area contributed by atoms with Crippen LogP contribution in [0.15, 0.2) is 28.7 Å². The Balaban J connectivity index is 1.65. The topological polar surface area (TPSA) is 41.1 Å². The number of carbonyl (C=O) groups is 1. The van der Waals surface area contributed by atoms with Gasteiger partial charge in [-0.3, -0.25) is 4.79 Å². The fourth-order valence-electron chi connectivity index (χ4n) is 2.94. The van der Waals surface area contributed by atoms with E-state index >= 15 is 0 Å². The van der Waals surface area contributed by atoms with E-state index in [4.69, 9.17) is 0 Å². The third-order valence-electron chi connectivity index (χ3n) is 4.35. The highest BCUT2D eigenvalue weighted by Crippen LogP contribution is 2.24. The van der Waals surface area contributed by atoms with Crippen LogP contribution in [0.25, 0.3) is 0 Å². The van der Waals surface area contributed by atoms with Gasteiger partial charge in [-0.1, -0.05) is 35.0 Å². The van der Waals surface area contributed by atoms with Crippen molar-refractivity contribution in [1.82, 2.24) is 10.6 Å². The van der Waals surface area contributed by atoms with E-state index in [-0.39, 0.29) is 5.91 Å². The lowest BCUT2D eigenvalue weighted by atomic mass is 9.84. The third kappa shape index (κ3) is 5.79. The second-order valence-corrected chi connectivity index (χ2v) is 6.91. The van der Waals surface area contributed by atoms with Crippen LogP contribution in [0, 0.1) is 11.8 Å². The lowest BCUT2D eigenvalue weighted by Gasteiger charge is -2.27. The number of carbonyl (C=O) groups excluding carboxylic acids is 1. The molecule has 1 aromatic rings. The van der Waals surface area contributed by atoms with E-state index in [0.29, 0.717) is 18.3 Å². The van der Waals surface area contributed by atoms with Crippen LogP contribution >= 0.6 is 15.9 Å². The fraction of sp³-hybridized carbons (Fsp3) is 0.588. The Morgan fingerprint density at radius 2 is 2.00 bits per heavy atom. The molecule has 1 aliphatic rings. The first-order valence-corrected chi connectivity index (χ1v) is 8.66. The SMILES string of the molecule is CC(CC(=O)NCCc1ccc(Br)cc1)C1CCNCC1. The first-order chi connectivity index (χ1) is 10.1. The fourth-order valence-corrected chi connectivity index (χ4v) is 3.21. The Morgan fingerprint density at radius 1 is 1.33 bits per heavy atom. The summed E-state index contributed by atoms with van der Waals surface area (Å²) in [4.78, 5) is 12.0. The third-order valence-corrected chi connectivity index (χ3v) is 4.87. The van der Waals surface area contributed by atoms with Crippen LogP contribution in [-0.2, 0) is 11.2 Å². The second kappa shape index (κ2) is 8.54. The van der Waals surface area contributed by atoms with Gasteiger partial charge in [-0.25, -0.2) is 0 Å². The molecule has 1 unspecified atom stereocenters. The highest BCUT2D eigenvalue weighted by molar-refractivity contribution is 9.10. The quantitative estimate of drug-likeness (QED) is 0.825. The average molecular weight is 353 g/mol. The Morgan fingerprint density at radius 3 is 2.67 bits per heavy atom. The molecule has 2 rings (SSSR count). The molecule has 1 saturated heterocycles. The van der Waals surface area contributed by atoms with Crippen LogP contribution in [-0.4, -0.2) is 25.5 Å². The lowest BCUT2D eigenvalue weighted by molar-refractivity contribution is -0.122. The van der Waals surface area contributed by atoms with E-state index in [1.807, 2.05) is 12.1 Å². The molecule has 2 N–H and O–H groups in total. The number of piperidine rings is 1. The highest BCUT2D eigenvalue weighted by atomic mass is 79.9. The van der Waals surface area contributed by atoms with Crippen LogP contribution in [0.4, 0.5) is 0 Å². The maximum absolute atomic E-state index is 12.0. The Labute approximate surface area is 136 Å². The minimum Gasteiger partial charge on any atom is -0.356 e. The minimum absolute atomic E-state index is 0.193. The summed E-state index contributed by atoms with van der Waals surface area (Å²) in [5.74, 6) is 1.38. The summed E-state index contributed by atoms with van der Waals surface area (Å²) in [7, 11) is 0. The molecule has 21 heavy (non-hydrogen) atoms. The van der Waals surface area contributed by atoms with Crippen molar-refractivity contribution in [3.05, 3.63) is 34.3 Å². The lowest BCUT2D eigenvalue weighted by Crippen LogP contribution is -2.34. The number of halogens is 1. The molecule has 3 nitrogen and oxygen atoms in total. The number of benzene rings is 1. The van der Waals surface area contributed by atoms with E-state index < -0.39 is 0 Å². The molecule has 0 aromatic heterocycles. The van der Waals surface area contributed by atoms with Crippen LogP contribution < -0.4 is 10.6 Å². The Hall–Kier alpha value is -0.870. The van der Waals surface area contributed by atoms with Crippen LogP contribution in [0.1, 0.15) is 31.7 Å². The number of rotatable bonds is 6. The molecule has 1 atom stereocenters. The van der Waals surface area contributed by atoms with E-state index in [1.54, 1.807) is 0 Å². The zero-order valence-corrected chi connectivity index (χ0v) is 14.3. The normalized spacial score (nSPS) is 17.4. The molecule has 0 aliphatic carbocycles. The number of hydrogen-bond donors (Lipinski definition) is 2. The largest absolute Gasteiger partial charge is 0.356 e. The van der Waals surface area contributed by atoms with Crippen molar-refractivity contribution < 1.29 is 4.79 Å².